The normalized spacial score (nSPS) is 19.8. The van der Waals surface area contributed by atoms with Crippen molar-refractivity contribution in [3.05, 3.63) is 18.3 Å². The van der Waals surface area contributed by atoms with Gasteiger partial charge in [-0.25, -0.2) is 18.1 Å². The van der Waals surface area contributed by atoms with Gasteiger partial charge < -0.3 is 5.32 Å². The molecule has 1 saturated heterocycles. The van der Waals surface area contributed by atoms with Crippen molar-refractivity contribution in [3.8, 4) is 0 Å². The number of hydrogen-bond donors (Lipinski definition) is 2. The third-order valence-corrected chi connectivity index (χ3v) is 7.00. The molecule has 5 nitrogen and oxygen atoms in total. The van der Waals surface area contributed by atoms with E-state index in [1.165, 1.54) is 6.20 Å². The Morgan fingerprint density at radius 1 is 1.45 bits per heavy atom. The quantitative estimate of drug-likeness (QED) is 0.825. The average Bonchev–Trinajstić information content (AvgIpc) is 2.47. The molecule has 1 aromatic heterocycles. The van der Waals surface area contributed by atoms with Crippen molar-refractivity contribution in [3.63, 3.8) is 0 Å². The molecule has 20 heavy (non-hydrogen) atoms. The molecule has 0 amide bonds. The lowest BCUT2D eigenvalue weighted by molar-refractivity contribution is 0.578. The summed E-state index contributed by atoms with van der Waals surface area (Å²) in [7, 11) is -3.56. The maximum atomic E-state index is 12.3. The summed E-state index contributed by atoms with van der Waals surface area (Å²) in [5, 5.41) is 3.45. The van der Waals surface area contributed by atoms with Gasteiger partial charge in [0.05, 0.1) is 5.69 Å². The Bertz CT molecular complexity index is 531. The van der Waals surface area contributed by atoms with E-state index in [4.69, 9.17) is 0 Å². The zero-order valence-electron chi connectivity index (χ0n) is 11.3. The van der Waals surface area contributed by atoms with E-state index in [1.807, 2.05) is 30.4 Å². The standard InChI is InChI=1S/C12H19N3O2S3/c1-2-13-11-4-3-5-14-12(11)20(16,17)15-8-10-9-18-6-7-19-10/h3-5,10,13,15H,2,6-9H2,1H3. The second kappa shape index (κ2) is 7.53. The van der Waals surface area contributed by atoms with Crippen molar-refractivity contribution in [1.82, 2.24) is 9.71 Å². The molecular formula is C12H19N3O2S3. The van der Waals surface area contributed by atoms with Gasteiger partial charge in [-0.05, 0) is 19.1 Å². The minimum atomic E-state index is -3.56. The first-order chi connectivity index (χ1) is 9.63. The van der Waals surface area contributed by atoms with Crippen molar-refractivity contribution in [2.75, 3.05) is 35.7 Å². The van der Waals surface area contributed by atoms with Crippen molar-refractivity contribution < 1.29 is 8.42 Å². The van der Waals surface area contributed by atoms with Crippen LogP contribution in [0.2, 0.25) is 0 Å². The molecule has 1 unspecified atom stereocenters. The molecule has 0 aliphatic carbocycles. The third kappa shape index (κ3) is 4.28. The van der Waals surface area contributed by atoms with Crippen LogP contribution in [0.3, 0.4) is 0 Å². The van der Waals surface area contributed by atoms with Crippen LogP contribution in [-0.4, -0.2) is 49.0 Å². The molecule has 8 heteroatoms. The molecule has 2 rings (SSSR count). The van der Waals surface area contributed by atoms with Crippen LogP contribution in [0.25, 0.3) is 0 Å². The van der Waals surface area contributed by atoms with E-state index in [2.05, 4.69) is 15.0 Å². The molecule has 0 spiro atoms. The summed E-state index contributed by atoms with van der Waals surface area (Å²) in [5.74, 6) is 3.23. The van der Waals surface area contributed by atoms with Crippen LogP contribution < -0.4 is 10.0 Å². The van der Waals surface area contributed by atoms with Crippen LogP contribution in [0.4, 0.5) is 5.69 Å². The second-order valence-electron chi connectivity index (χ2n) is 4.31. The lowest BCUT2D eigenvalue weighted by Crippen LogP contribution is -2.34. The molecule has 1 aromatic rings. The molecule has 1 aliphatic heterocycles. The Labute approximate surface area is 128 Å². The number of nitrogens with one attached hydrogen (secondary N) is 2. The van der Waals surface area contributed by atoms with Gasteiger partial charge in [0.2, 0.25) is 0 Å². The second-order valence-corrected chi connectivity index (χ2v) is 8.55. The predicted octanol–water partition coefficient (Wildman–Crippen LogP) is 1.64. The first-order valence-corrected chi connectivity index (χ1v) is 10.2. The maximum Gasteiger partial charge on any atom is 0.260 e. The fraction of sp³-hybridized carbons (Fsp3) is 0.583. The summed E-state index contributed by atoms with van der Waals surface area (Å²) in [5.41, 5.74) is 0.549. The summed E-state index contributed by atoms with van der Waals surface area (Å²) >= 11 is 3.71. The van der Waals surface area contributed by atoms with E-state index < -0.39 is 10.0 Å². The van der Waals surface area contributed by atoms with Crippen molar-refractivity contribution in [2.45, 2.75) is 17.2 Å². The van der Waals surface area contributed by atoms with Gasteiger partial charge in [0.1, 0.15) is 0 Å². The Hall–Kier alpha value is -0.440. The highest BCUT2D eigenvalue weighted by molar-refractivity contribution is 8.06. The monoisotopic (exact) mass is 333 g/mol. The lowest BCUT2D eigenvalue weighted by Gasteiger charge is -2.21. The van der Waals surface area contributed by atoms with Crippen molar-refractivity contribution in [1.29, 1.82) is 0 Å². The largest absolute Gasteiger partial charge is 0.383 e. The van der Waals surface area contributed by atoms with Gasteiger partial charge in [0.15, 0.2) is 5.03 Å². The highest BCUT2D eigenvalue weighted by Gasteiger charge is 2.22. The van der Waals surface area contributed by atoms with E-state index in [0.29, 0.717) is 24.0 Å². The smallest absolute Gasteiger partial charge is 0.260 e. The van der Waals surface area contributed by atoms with Gasteiger partial charge in [0, 0.05) is 41.8 Å². The van der Waals surface area contributed by atoms with Gasteiger partial charge in [-0.1, -0.05) is 0 Å². The number of sulfonamides is 1. The third-order valence-electron chi connectivity index (χ3n) is 2.78. The molecule has 0 bridgehead atoms. The minimum Gasteiger partial charge on any atom is -0.383 e. The highest BCUT2D eigenvalue weighted by atomic mass is 32.2. The van der Waals surface area contributed by atoms with Crippen molar-refractivity contribution >= 4 is 39.2 Å². The number of anilines is 1. The fourth-order valence-electron chi connectivity index (χ4n) is 1.86. The number of pyridine rings is 1. The van der Waals surface area contributed by atoms with Gasteiger partial charge >= 0.3 is 0 Å². The van der Waals surface area contributed by atoms with Gasteiger partial charge in [0.25, 0.3) is 10.0 Å². The number of nitrogens with zero attached hydrogens (tertiary/aromatic N) is 1. The zero-order valence-corrected chi connectivity index (χ0v) is 13.8. The van der Waals surface area contributed by atoms with Gasteiger partial charge in [-0.15, -0.1) is 0 Å². The first kappa shape index (κ1) is 15.9. The molecule has 0 saturated carbocycles. The summed E-state index contributed by atoms with van der Waals surface area (Å²) in [4.78, 5) is 4.01. The molecule has 2 N–H and O–H groups in total. The molecular weight excluding hydrogens is 314 g/mol. The van der Waals surface area contributed by atoms with E-state index in [9.17, 15) is 8.42 Å². The van der Waals surface area contributed by atoms with Crippen LogP contribution in [0.5, 0.6) is 0 Å². The van der Waals surface area contributed by atoms with E-state index in [1.54, 1.807) is 12.1 Å². The predicted molar refractivity (Wildman–Crippen MR) is 87.2 cm³/mol. The molecule has 2 heterocycles. The summed E-state index contributed by atoms with van der Waals surface area (Å²) < 4.78 is 27.4. The topological polar surface area (TPSA) is 71.1 Å². The first-order valence-electron chi connectivity index (χ1n) is 6.51. The summed E-state index contributed by atoms with van der Waals surface area (Å²) in [6, 6.07) is 3.46. The van der Waals surface area contributed by atoms with E-state index >= 15 is 0 Å². The van der Waals surface area contributed by atoms with E-state index in [0.717, 1.165) is 17.3 Å². The number of thioether (sulfide) groups is 2. The van der Waals surface area contributed by atoms with Crippen LogP contribution >= 0.6 is 23.5 Å². The van der Waals surface area contributed by atoms with Gasteiger partial charge in [-0.3, -0.25) is 0 Å². The Morgan fingerprint density at radius 3 is 3.00 bits per heavy atom. The Morgan fingerprint density at radius 2 is 2.30 bits per heavy atom. The fourth-order valence-corrected chi connectivity index (χ4v) is 5.76. The average molecular weight is 334 g/mol. The molecule has 0 aromatic carbocycles. The number of rotatable bonds is 6. The van der Waals surface area contributed by atoms with Gasteiger partial charge in [-0.2, -0.15) is 23.5 Å². The Balaban J connectivity index is 2.05. The summed E-state index contributed by atoms with van der Waals surface area (Å²) in [6.45, 7) is 3.04. The van der Waals surface area contributed by atoms with Crippen LogP contribution in [0.1, 0.15) is 6.92 Å². The van der Waals surface area contributed by atoms with E-state index in [-0.39, 0.29) is 5.03 Å². The van der Waals surface area contributed by atoms with Crippen LogP contribution in [0.15, 0.2) is 23.4 Å². The molecule has 1 atom stereocenters. The number of aromatic nitrogens is 1. The zero-order chi connectivity index (χ0) is 14.4. The molecule has 112 valence electrons. The maximum absolute atomic E-state index is 12.3. The number of hydrogen-bond acceptors (Lipinski definition) is 6. The van der Waals surface area contributed by atoms with Crippen molar-refractivity contribution in [2.24, 2.45) is 0 Å². The molecule has 0 radical (unpaired) electrons. The van der Waals surface area contributed by atoms with Crippen LogP contribution in [0, 0.1) is 0 Å². The van der Waals surface area contributed by atoms with Crippen LogP contribution in [-0.2, 0) is 10.0 Å². The lowest BCUT2D eigenvalue weighted by atomic mass is 10.4. The Kier molecular flexibility index (Phi) is 6.01. The minimum absolute atomic E-state index is 0.0790. The molecule has 1 aliphatic rings. The highest BCUT2D eigenvalue weighted by Crippen LogP contribution is 2.24. The molecule has 1 fully saturated rings. The SMILES string of the molecule is CCNc1cccnc1S(=O)(=O)NCC1CSCCS1. The summed E-state index contributed by atoms with van der Waals surface area (Å²) in [6.07, 6.45) is 1.50.